The highest BCUT2D eigenvalue weighted by atomic mass is 127. The van der Waals surface area contributed by atoms with Crippen LogP contribution in [0, 0.1) is 3.57 Å². The molecule has 0 saturated heterocycles. The van der Waals surface area contributed by atoms with E-state index in [1.165, 1.54) is 4.90 Å². The van der Waals surface area contributed by atoms with Gasteiger partial charge in [-0.15, -0.1) is 0 Å². The second kappa shape index (κ2) is 12.2. The Bertz CT molecular complexity index is 1060. The van der Waals surface area contributed by atoms with Gasteiger partial charge in [0, 0.05) is 20.6 Å². The molecule has 2 unspecified atom stereocenters. The third-order valence-corrected chi connectivity index (χ3v) is 7.62. The molecule has 2 rings (SSSR count). The minimum Gasteiger partial charge on any atom is -0.352 e. The first kappa shape index (κ1) is 27.6. The highest BCUT2D eigenvalue weighted by molar-refractivity contribution is 14.1. The molecule has 0 aliphatic carbocycles. The first-order chi connectivity index (χ1) is 15.4. The minimum absolute atomic E-state index is 0.0381. The number of nitrogens with one attached hydrogen (secondary N) is 1. The van der Waals surface area contributed by atoms with E-state index in [9.17, 15) is 18.0 Å². The molecule has 0 aliphatic heterocycles. The lowest BCUT2D eigenvalue weighted by Gasteiger charge is -2.32. The van der Waals surface area contributed by atoms with Crippen LogP contribution in [0.25, 0.3) is 0 Å². The van der Waals surface area contributed by atoms with Crippen molar-refractivity contribution in [3.63, 3.8) is 0 Å². The van der Waals surface area contributed by atoms with Gasteiger partial charge in [-0.1, -0.05) is 35.0 Å². The van der Waals surface area contributed by atoms with Gasteiger partial charge in [-0.05, 0) is 84.8 Å². The van der Waals surface area contributed by atoms with Crippen molar-refractivity contribution < 1.29 is 18.0 Å². The number of benzene rings is 2. The zero-order valence-corrected chi connectivity index (χ0v) is 23.6. The van der Waals surface area contributed by atoms with Crippen LogP contribution in [-0.4, -0.2) is 50.0 Å². The normalized spacial score (nSPS) is 13.2. The average molecular weight is 650 g/mol. The highest BCUT2D eigenvalue weighted by Gasteiger charge is 2.30. The summed E-state index contributed by atoms with van der Waals surface area (Å²) < 4.78 is 28.0. The number of anilines is 1. The van der Waals surface area contributed by atoms with E-state index in [4.69, 9.17) is 0 Å². The predicted molar refractivity (Wildman–Crippen MR) is 143 cm³/mol. The van der Waals surface area contributed by atoms with Crippen LogP contribution in [0.4, 0.5) is 5.69 Å². The van der Waals surface area contributed by atoms with E-state index in [0.29, 0.717) is 5.69 Å². The molecule has 0 bridgehead atoms. The van der Waals surface area contributed by atoms with Crippen LogP contribution >= 0.6 is 38.5 Å². The molecule has 2 amide bonds. The zero-order chi connectivity index (χ0) is 24.8. The van der Waals surface area contributed by atoms with E-state index in [-0.39, 0.29) is 18.5 Å². The molecule has 2 atom stereocenters. The van der Waals surface area contributed by atoms with Crippen molar-refractivity contribution in [3.8, 4) is 0 Å². The van der Waals surface area contributed by atoms with Crippen LogP contribution in [0.3, 0.4) is 0 Å². The summed E-state index contributed by atoms with van der Waals surface area (Å²) >= 11 is 5.52. The van der Waals surface area contributed by atoms with Crippen LogP contribution in [-0.2, 0) is 26.2 Å². The van der Waals surface area contributed by atoms with Gasteiger partial charge in [0.1, 0.15) is 12.6 Å². The fourth-order valence-electron chi connectivity index (χ4n) is 3.06. The Balaban J connectivity index is 2.36. The maximum Gasteiger partial charge on any atom is 0.244 e. The number of amides is 2. The molecule has 180 valence electrons. The van der Waals surface area contributed by atoms with E-state index in [2.05, 4.69) is 43.8 Å². The summed E-state index contributed by atoms with van der Waals surface area (Å²) in [6, 6.07) is 13.5. The molecule has 7 nitrogen and oxygen atoms in total. The Kier molecular flexibility index (Phi) is 10.2. The topological polar surface area (TPSA) is 86.8 Å². The largest absolute Gasteiger partial charge is 0.352 e. The lowest BCUT2D eigenvalue weighted by Crippen LogP contribution is -2.52. The number of sulfonamides is 1. The fraction of sp³-hybridized carbons (Fsp3) is 0.391. The first-order valence-corrected chi connectivity index (χ1v) is 14.2. The number of hydrogen-bond donors (Lipinski definition) is 1. The maximum atomic E-state index is 13.4. The quantitative estimate of drug-likeness (QED) is 0.392. The number of nitrogens with zero attached hydrogens (tertiary/aromatic N) is 2. The SMILES string of the molecule is CCC(C)NC(=O)C(C)N(Cc1ccc(Br)cc1)C(=O)CN(c1ccc(I)cc1)S(C)(=O)=O. The average Bonchev–Trinajstić information content (AvgIpc) is 2.76. The molecule has 0 aromatic heterocycles. The number of hydrogen-bond acceptors (Lipinski definition) is 4. The van der Waals surface area contributed by atoms with Crippen molar-refractivity contribution in [3.05, 3.63) is 62.1 Å². The second-order valence-corrected chi connectivity index (χ2v) is 12.0. The summed E-state index contributed by atoms with van der Waals surface area (Å²) in [4.78, 5) is 27.7. The third-order valence-electron chi connectivity index (χ3n) is 5.23. The minimum atomic E-state index is -3.73. The van der Waals surface area contributed by atoms with E-state index in [1.807, 2.05) is 38.1 Å². The molecule has 10 heteroatoms. The Morgan fingerprint density at radius 1 is 1.06 bits per heavy atom. The fourth-order valence-corrected chi connectivity index (χ4v) is 4.53. The highest BCUT2D eigenvalue weighted by Crippen LogP contribution is 2.21. The smallest absolute Gasteiger partial charge is 0.244 e. The van der Waals surface area contributed by atoms with Crippen molar-refractivity contribution in [1.82, 2.24) is 10.2 Å². The van der Waals surface area contributed by atoms with Crippen LogP contribution in [0.2, 0.25) is 0 Å². The van der Waals surface area contributed by atoms with Gasteiger partial charge in [0.05, 0.1) is 11.9 Å². The Morgan fingerprint density at radius 2 is 1.64 bits per heavy atom. The van der Waals surface area contributed by atoms with Crippen molar-refractivity contribution in [1.29, 1.82) is 0 Å². The Labute approximate surface area is 218 Å². The number of carbonyl (C=O) groups excluding carboxylic acids is 2. The molecular formula is C23H29BrIN3O4S. The first-order valence-electron chi connectivity index (χ1n) is 10.5. The summed E-state index contributed by atoms with van der Waals surface area (Å²) in [6.07, 6.45) is 1.82. The van der Waals surface area contributed by atoms with E-state index >= 15 is 0 Å². The number of halogens is 2. The summed E-state index contributed by atoms with van der Waals surface area (Å²) in [6.45, 7) is 5.28. The van der Waals surface area contributed by atoms with Gasteiger partial charge in [-0.25, -0.2) is 8.42 Å². The molecule has 0 radical (unpaired) electrons. The van der Waals surface area contributed by atoms with Gasteiger partial charge in [-0.2, -0.15) is 0 Å². The van der Waals surface area contributed by atoms with Gasteiger partial charge >= 0.3 is 0 Å². The molecule has 0 aliphatic rings. The molecular weight excluding hydrogens is 621 g/mol. The van der Waals surface area contributed by atoms with Gasteiger partial charge < -0.3 is 10.2 Å². The molecule has 0 saturated carbocycles. The van der Waals surface area contributed by atoms with E-state index in [0.717, 1.165) is 30.6 Å². The third kappa shape index (κ3) is 8.25. The van der Waals surface area contributed by atoms with Gasteiger partial charge in [-0.3, -0.25) is 13.9 Å². The van der Waals surface area contributed by atoms with Crippen molar-refractivity contribution in [2.75, 3.05) is 17.1 Å². The number of rotatable bonds is 10. The predicted octanol–water partition coefficient (Wildman–Crippen LogP) is 4.15. The van der Waals surface area contributed by atoms with Crippen LogP contribution in [0.15, 0.2) is 53.0 Å². The van der Waals surface area contributed by atoms with Crippen LogP contribution < -0.4 is 9.62 Å². The lowest BCUT2D eigenvalue weighted by molar-refractivity contribution is -0.139. The molecule has 1 N–H and O–H groups in total. The number of carbonyl (C=O) groups is 2. The zero-order valence-electron chi connectivity index (χ0n) is 19.1. The Morgan fingerprint density at radius 3 is 2.15 bits per heavy atom. The molecule has 0 spiro atoms. The van der Waals surface area contributed by atoms with Gasteiger partial charge in [0.2, 0.25) is 21.8 Å². The summed E-state index contributed by atoms with van der Waals surface area (Å²) in [5.74, 6) is -0.747. The van der Waals surface area contributed by atoms with Crippen molar-refractivity contribution in [2.45, 2.75) is 45.8 Å². The van der Waals surface area contributed by atoms with Gasteiger partial charge in [0.15, 0.2) is 0 Å². The van der Waals surface area contributed by atoms with Crippen molar-refractivity contribution >= 4 is 66.0 Å². The standard InChI is InChI=1S/C23H29BrIN3O4S/c1-5-16(2)26-23(30)17(3)27(14-18-6-8-19(24)9-7-18)22(29)15-28(33(4,31)32)21-12-10-20(25)11-13-21/h6-13,16-17H,5,14-15H2,1-4H3,(H,26,30). The van der Waals surface area contributed by atoms with Gasteiger partial charge in [0.25, 0.3) is 0 Å². The summed E-state index contributed by atoms with van der Waals surface area (Å²) in [5.41, 5.74) is 1.22. The van der Waals surface area contributed by atoms with Crippen molar-refractivity contribution in [2.24, 2.45) is 0 Å². The van der Waals surface area contributed by atoms with Crippen LogP contribution in [0.5, 0.6) is 0 Å². The van der Waals surface area contributed by atoms with E-state index in [1.54, 1.807) is 31.2 Å². The van der Waals surface area contributed by atoms with Crippen LogP contribution in [0.1, 0.15) is 32.8 Å². The second-order valence-electron chi connectivity index (χ2n) is 7.89. The molecule has 33 heavy (non-hydrogen) atoms. The van der Waals surface area contributed by atoms with E-state index < -0.39 is 28.5 Å². The monoisotopic (exact) mass is 649 g/mol. The maximum absolute atomic E-state index is 13.4. The summed E-state index contributed by atoms with van der Waals surface area (Å²) in [5, 5.41) is 2.91. The lowest BCUT2D eigenvalue weighted by atomic mass is 10.1. The molecule has 0 fully saturated rings. The Hall–Kier alpha value is -1.66. The molecule has 2 aromatic carbocycles. The molecule has 2 aromatic rings. The molecule has 0 heterocycles. The summed E-state index contributed by atoms with van der Waals surface area (Å²) in [7, 11) is -3.73.